The van der Waals surface area contributed by atoms with Crippen molar-refractivity contribution in [1.29, 1.82) is 0 Å². The lowest BCUT2D eigenvalue weighted by molar-refractivity contribution is -0.143. The summed E-state index contributed by atoms with van der Waals surface area (Å²) in [5.41, 5.74) is 0. The summed E-state index contributed by atoms with van der Waals surface area (Å²) >= 11 is 0. The molecule has 382 valence electrons. The second-order valence-corrected chi connectivity index (χ2v) is 20.3. The molecule has 0 saturated carbocycles. The van der Waals surface area contributed by atoms with Crippen LogP contribution in [0.4, 0.5) is 0 Å². The number of carbonyl (C=O) groups excluding carboxylic acids is 2. The number of rotatable bonds is 55. The van der Waals surface area contributed by atoms with E-state index in [1.165, 1.54) is 263 Å². The van der Waals surface area contributed by atoms with Crippen LogP contribution < -0.4 is 5.32 Å². The zero-order valence-corrected chi connectivity index (χ0v) is 43.5. The molecular formula is C58H115NO5. The molecule has 3 N–H and O–H groups in total. The lowest BCUT2D eigenvalue weighted by atomic mass is 10.0. The molecule has 0 aliphatic carbocycles. The largest absolute Gasteiger partial charge is 0.466 e. The minimum absolute atomic E-state index is 0.0105. The molecule has 0 aromatic heterocycles. The molecule has 6 heteroatoms. The standard InChI is InChI=1S/C58H115NO5/c1-3-5-7-9-11-13-15-17-23-26-30-34-38-42-46-50-56(61)55(54-60)59-57(62)51-47-43-39-35-31-27-24-21-19-20-22-25-29-33-37-41-45-49-53-64-58(63)52-48-44-40-36-32-28-18-16-14-12-10-8-6-4-2/h55-56,60-61H,3-54H2,1-2H3,(H,59,62). The molecular weight excluding hydrogens is 791 g/mol. The number of carbonyl (C=O) groups is 2. The maximum absolute atomic E-state index is 12.5. The van der Waals surface area contributed by atoms with Gasteiger partial charge < -0.3 is 20.3 Å². The van der Waals surface area contributed by atoms with Crippen molar-refractivity contribution in [3.05, 3.63) is 0 Å². The summed E-state index contributed by atoms with van der Waals surface area (Å²) in [5, 5.41) is 23.3. The molecule has 0 bridgehead atoms. The molecule has 0 heterocycles. The SMILES string of the molecule is CCCCCCCCCCCCCCCCCC(O)C(CO)NC(=O)CCCCCCCCCCCCCCCCCCCCOC(=O)CCCCCCCCCCCCCCCC. The van der Waals surface area contributed by atoms with Crippen LogP contribution in [0, 0.1) is 0 Å². The van der Waals surface area contributed by atoms with Crippen LogP contribution in [0.15, 0.2) is 0 Å². The first-order valence-corrected chi connectivity index (χ1v) is 29.3. The summed E-state index contributed by atoms with van der Waals surface area (Å²) < 4.78 is 5.48. The fraction of sp³-hybridized carbons (Fsp3) is 0.966. The summed E-state index contributed by atoms with van der Waals surface area (Å²) in [5.74, 6) is -0.0256. The van der Waals surface area contributed by atoms with Crippen molar-refractivity contribution < 1.29 is 24.5 Å². The number of unbranched alkanes of at least 4 members (excludes halogenated alkanes) is 44. The molecule has 0 aliphatic rings. The molecule has 0 aromatic rings. The predicted molar refractivity (Wildman–Crippen MR) is 278 cm³/mol. The van der Waals surface area contributed by atoms with E-state index in [2.05, 4.69) is 19.2 Å². The molecule has 6 nitrogen and oxygen atoms in total. The second kappa shape index (κ2) is 54.5. The fourth-order valence-electron chi connectivity index (χ4n) is 9.41. The Balaban J connectivity index is 3.38. The van der Waals surface area contributed by atoms with Crippen LogP contribution in [0.25, 0.3) is 0 Å². The van der Waals surface area contributed by atoms with Crippen LogP contribution in [-0.2, 0) is 14.3 Å². The van der Waals surface area contributed by atoms with E-state index in [0.717, 1.165) is 38.5 Å². The average molecular weight is 907 g/mol. The van der Waals surface area contributed by atoms with Gasteiger partial charge in [-0.25, -0.2) is 0 Å². The van der Waals surface area contributed by atoms with Crippen molar-refractivity contribution >= 4 is 11.9 Å². The zero-order chi connectivity index (χ0) is 46.5. The molecule has 0 saturated heterocycles. The normalized spacial score (nSPS) is 12.5. The van der Waals surface area contributed by atoms with E-state index in [-0.39, 0.29) is 18.5 Å². The van der Waals surface area contributed by atoms with Gasteiger partial charge in [-0.05, 0) is 25.7 Å². The monoisotopic (exact) mass is 906 g/mol. The Hall–Kier alpha value is -1.14. The van der Waals surface area contributed by atoms with Crippen LogP contribution in [0.1, 0.15) is 335 Å². The van der Waals surface area contributed by atoms with Crippen LogP contribution in [0.5, 0.6) is 0 Å². The molecule has 0 aromatic carbocycles. The minimum Gasteiger partial charge on any atom is -0.466 e. The first-order chi connectivity index (χ1) is 31.5. The highest BCUT2D eigenvalue weighted by Gasteiger charge is 2.20. The number of hydrogen-bond acceptors (Lipinski definition) is 5. The van der Waals surface area contributed by atoms with Crippen molar-refractivity contribution in [2.75, 3.05) is 13.2 Å². The van der Waals surface area contributed by atoms with Crippen LogP contribution in [0.3, 0.4) is 0 Å². The minimum atomic E-state index is -0.665. The van der Waals surface area contributed by atoms with E-state index in [0.29, 0.717) is 25.9 Å². The number of esters is 1. The van der Waals surface area contributed by atoms with Gasteiger partial charge in [0.2, 0.25) is 5.91 Å². The lowest BCUT2D eigenvalue weighted by Gasteiger charge is -2.22. The second-order valence-electron chi connectivity index (χ2n) is 20.3. The number of ether oxygens (including phenoxy) is 1. The Morgan fingerprint density at radius 3 is 0.953 bits per heavy atom. The summed E-state index contributed by atoms with van der Waals surface area (Å²) in [4.78, 5) is 24.5. The first-order valence-electron chi connectivity index (χ1n) is 29.3. The Labute approximate surface area is 400 Å². The van der Waals surface area contributed by atoms with Crippen molar-refractivity contribution in [2.24, 2.45) is 0 Å². The Morgan fingerprint density at radius 1 is 0.375 bits per heavy atom. The van der Waals surface area contributed by atoms with Gasteiger partial charge in [-0.2, -0.15) is 0 Å². The summed E-state index contributed by atoms with van der Waals surface area (Å²) in [6.45, 7) is 4.97. The van der Waals surface area contributed by atoms with E-state index < -0.39 is 12.1 Å². The number of aliphatic hydroxyl groups excluding tert-OH is 2. The van der Waals surface area contributed by atoms with Gasteiger partial charge >= 0.3 is 5.97 Å². The maximum Gasteiger partial charge on any atom is 0.305 e. The average Bonchev–Trinajstić information content (AvgIpc) is 3.29. The Morgan fingerprint density at radius 2 is 0.641 bits per heavy atom. The topological polar surface area (TPSA) is 95.9 Å². The molecule has 2 atom stereocenters. The summed E-state index contributed by atoms with van der Waals surface area (Å²) in [6, 6.07) is -0.543. The van der Waals surface area contributed by atoms with E-state index in [4.69, 9.17) is 4.74 Å². The van der Waals surface area contributed by atoms with E-state index in [1.54, 1.807) is 0 Å². The number of nitrogens with one attached hydrogen (secondary N) is 1. The Kier molecular flexibility index (Phi) is 53.5. The van der Waals surface area contributed by atoms with Crippen molar-refractivity contribution in [2.45, 2.75) is 347 Å². The van der Waals surface area contributed by atoms with Crippen molar-refractivity contribution in [1.82, 2.24) is 5.32 Å². The summed E-state index contributed by atoms with van der Waals surface area (Å²) in [7, 11) is 0. The highest BCUT2D eigenvalue weighted by molar-refractivity contribution is 5.76. The highest BCUT2D eigenvalue weighted by atomic mass is 16.5. The molecule has 0 radical (unpaired) electrons. The molecule has 2 unspecified atom stereocenters. The van der Waals surface area contributed by atoms with Gasteiger partial charge in [0.1, 0.15) is 0 Å². The van der Waals surface area contributed by atoms with E-state index in [9.17, 15) is 19.8 Å². The van der Waals surface area contributed by atoms with Crippen molar-refractivity contribution in [3.63, 3.8) is 0 Å². The molecule has 64 heavy (non-hydrogen) atoms. The number of aliphatic hydroxyl groups is 2. The van der Waals surface area contributed by atoms with Crippen LogP contribution in [-0.4, -0.2) is 47.4 Å². The van der Waals surface area contributed by atoms with Gasteiger partial charge in [0, 0.05) is 12.8 Å². The van der Waals surface area contributed by atoms with Gasteiger partial charge in [0.15, 0.2) is 0 Å². The highest BCUT2D eigenvalue weighted by Crippen LogP contribution is 2.18. The molecule has 1 amide bonds. The third-order valence-electron chi connectivity index (χ3n) is 13.9. The first kappa shape index (κ1) is 62.9. The van der Waals surface area contributed by atoms with Crippen LogP contribution in [0.2, 0.25) is 0 Å². The number of hydrogen-bond donors (Lipinski definition) is 3. The zero-order valence-electron chi connectivity index (χ0n) is 43.5. The lowest BCUT2D eigenvalue weighted by Crippen LogP contribution is -2.45. The van der Waals surface area contributed by atoms with E-state index >= 15 is 0 Å². The van der Waals surface area contributed by atoms with Gasteiger partial charge in [-0.3, -0.25) is 9.59 Å². The Bertz CT molecular complexity index is 913. The summed E-state index contributed by atoms with van der Waals surface area (Å²) in [6.07, 6.45) is 62.3. The van der Waals surface area contributed by atoms with Crippen molar-refractivity contribution in [3.8, 4) is 0 Å². The third kappa shape index (κ3) is 50.3. The predicted octanol–water partition coefficient (Wildman–Crippen LogP) is 17.9. The quantitative estimate of drug-likeness (QED) is 0.0417. The number of amides is 1. The van der Waals surface area contributed by atoms with Gasteiger partial charge in [-0.1, -0.05) is 296 Å². The maximum atomic E-state index is 12.5. The van der Waals surface area contributed by atoms with Crippen LogP contribution >= 0.6 is 0 Å². The van der Waals surface area contributed by atoms with E-state index in [1.807, 2.05) is 0 Å². The van der Waals surface area contributed by atoms with Gasteiger partial charge in [0.25, 0.3) is 0 Å². The molecule has 0 rings (SSSR count). The van der Waals surface area contributed by atoms with Gasteiger partial charge in [0.05, 0.1) is 25.4 Å². The molecule has 0 fully saturated rings. The van der Waals surface area contributed by atoms with Gasteiger partial charge in [-0.15, -0.1) is 0 Å². The fourth-order valence-corrected chi connectivity index (χ4v) is 9.41. The molecule has 0 aliphatic heterocycles. The smallest absolute Gasteiger partial charge is 0.305 e. The molecule has 0 spiro atoms. The third-order valence-corrected chi connectivity index (χ3v) is 13.9.